The van der Waals surface area contributed by atoms with Crippen LogP contribution >= 0.6 is 0 Å². The predicted octanol–water partition coefficient (Wildman–Crippen LogP) is 3.11. The lowest BCUT2D eigenvalue weighted by Gasteiger charge is -2.24. The van der Waals surface area contributed by atoms with Gasteiger partial charge in [-0.25, -0.2) is 4.79 Å². The van der Waals surface area contributed by atoms with Gasteiger partial charge in [-0.15, -0.1) is 0 Å². The van der Waals surface area contributed by atoms with Crippen molar-refractivity contribution in [3.05, 3.63) is 24.3 Å². The van der Waals surface area contributed by atoms with Crippen molar-refractivity contribution in [3.8, 4) is 0 Å². The molecule has 0 aliphatic heterocycles. The molecule has 19 heavy (non-hydrogen) atoms. The molecule has 0 aromatic carbocycles. The number of rotatable bonds is 5. The van der Waals surface area contributed by atoms with Gasteiger partial charge >= 0.3 is 5.97 Å². The first kappa shape index (κ1) is 14.3. The molecule has 2 aliphatic carbocycles. The maximum Gasteiger partial charge on any atom is 0.333 e. The molecule has 0 aromatic heterocycles. The molecule has 0 aromatic rings. The Bertz CT molecular complexity index is 372. The van der Waals surface area contributed by atoms with Gasteiger partial charge in [-0.1, -0.05) is 25.7 Å². The molecular weight excluding hydrogens is 240 g/mol. The van der Waals surface area contributed by atoms with Crippen molar-refractivity contribution < 1.29 is 14.3 Å². The van der Waals surface area contributed by atoms with Gasteiger partial charge in [0.2, 0.25) is 0 Å². The number of carbonyl (C=O) groups is 1. The third kappa shape index (κ3) is 3.69. The van der Waals surface area contributed by atoms with Gasteiger partial charge in [0.1, 0.15) is 6.61 Å². The zero-order valence-corrected chi connectivity index (χ0v) is 11.9. The molecule has 2 bridgehead atoms. The summed E-state index contributed by atoms with van der Waals surface area (Å²) < 4.78 is 11.0. The Morgan fingerprint density at radius 1 is 1.37 bits per heavy atom. The Balaban J connectivity index is 1.73. The van der Waals surface area contributed by atoms with Crippen molar-refractivity contribution in [2.45, 2.75) is 39.2 Å². The molecule has 1 fully saturated rings. The van der Waals surface area contributed by atoms with Crippen LogP contribution in [0.5, 0.6) is 0 Å². The molecule has 106 valence electrons. The molecule has 0 amide bonds. The lowest BCUT2D eigenvalue weighted by atomic mass is 9.91. The third-order valence-electron chi connectivity index (χ3n) is 4.23. The molecule has 1 saturated carbocycles. The summed E-state index contributed by atoms with van der Waals surface area (Å²) in [7, 11) is 0. The van der Waals surface area contributed by atoms with E-state index in [-0.39, 0.29) is 5.97 Å². The maximum atomic E-state index is 11.2. The van der Waals surface area contributed by atoms with Crippen LogP contribution < -0.4 is 0 Å². The van der Waals surface area contributed by atoms with Crippen LogP contribution in [0.3, 0.4) is 0 Å². The Hall–Kier alpha value is -1.09. The summed E-state index contributed by atoms with van der Waals surface area (Å²) in [5.41, 5.74) is 0.437. The van der Waals surface area contributed by atoms with Gasteiger partial charge in [0.15, 0.2) is 0 Å². The monoisotopic (exact) mass is 264 g/mol. The van der Waals surface area contributed by atoms with Crippen LogP contribution in [0.1, 0.15) is 33.1 Å². The van der Waals surface area contributed by atoms with Crippen LogP contribution in [0.15, 0.2) is 24.3 Å². The number of ether oxygens (including phenoxy) is 2. The smallest absolute Gasteiger partial charge is 0.333 e. The molecular formula is C16H24O3. The number of esters is 1. The Morgan fingerprint density at radius 2 is 2.16 bits per heavy atom. The van der Waals surface area contributed by atoms with Crippen LogP contribution in [0, 0.1) is 17.8 Å². The maximum absolute atomic E-state index is 11.2. The van der Waals surface area contributed by atoms with E-state index in [0.717, 1.165) is 12.3 Å². The SMILES string of the molecule is C=C(C)C(=O)OCCOC1CC2CC=CC(C)C1C2. The van der Waals surface area contributed by atoms with E-state index in [1.807, 2.05) is 0 Å². The van der Waals surface area contributed by atoms with Gasteiger partial charge in [0.05, 0.1) is 12.7 Å². The minimum Gasteiger partial charge on any atom is -0.460 e. The average molecular weight is 264 g/mol. The largest absolute Gasteiger partial charge is 0.460 e. The van der Waals surface area contributed by atoms with E-state index in [2.05, 4.69) is 25.7 Å². The van der Waals surface area contributed by atoms with Crippen molar-refractivity contribution in [3.63, 3.8) is 0 Å². The average Bonchev–Trinajstić information content (AvgIpc) is 2.67. The predicted molar refractivity (Wildman–Crippen MR) is 74.6 cm³/mol. The summed E-state index contributed by atoms with van der Waals surface area (Å²) >= 11 is 0. The summed E-state index contributed by atoms with van der Waals surface area (Å²) in [5.74, 6) is 1.66. The number of fused-ring (bicyclic) bond motifs is 2. The van der Waals surface area contributed by atoms with Gasteiger partial charge in [-0.2, -0.15) is 0 Å². The fraction of sp³-hybridized carbons (Fsp3) is 0.688. The quantitative estimate of drug-likeness (QED) is 0.331. The highest BCUT2D eigenvalue weighted by atomic mass is 16.6. The molecule has 3 heteroatoms. The van der Waals surface area contributed by atoms with Crippen LogP contribution in [-0.4, -0.2) is 25.3 Å². The minimum absolute atomic E-state index is 0.323. The minimum atomic E-state index is -0.332. The number of hydrogen-bond donors (Lipinski definition) is 0. The molecule has 0 N–H and O–H groups in total. The summed E-state index contributed by atoms with van der Waals surface area (Å²) in [4.78, 5) is 11.2. The topological polar surface area (TPSA) is 35.5 Å². The zero-order chi connectivity index (χ0) is 13.8. The molecule has 0 saturated heterocycles. The highest BCUT2D eigenvalue weighted by Crippen LogP contribution is 2.42. The number of carbonyl (C=O) groups excluding carboxylic acids is 1. The second kappa shape index (κ2) is 6.38. The van der Waals surface area contributed by atoms with E-state index in [9.17, 15) is 4.79 Å². The Morgan fingerprint density at radius 3 is 2.89 bits per heavy atom. The first-order valence-electron chi connectivity index (χ1n) is 7.19. The normalized spacial score (nSPS) is 32.9. The van der Waals surface area contributed by atoms with E-state index < -0.39 is 0 Å². The molecule has 0 heterocycles. The highest BCUT2D eigenvalue weighted by Gasteiger charge is 2.38. The summed E-state index contributed by atoms with van der Waals surface area (Å²) in [6.07, 6.45) is 8.57. The van der Waals surface area contributed by atoms with Crippen molar-refractivity contribution in [2.24, 2.45) is 17.8 Å². The molecule has 2 aliphatic rings. The van der Waals surface area contributed by atoms with Crippen molar-refractivity contribution >= 4 is 5.97 Å². The van der Waals surface area contributed by atoms with E-state index in [4.69, 9.17) is 9.47 Å². The van der Waals surface area contributed by atoms with E-state index >= 15 is 0 Å². The van der Waals surface area contributed by atoms with Gasteiger partial charge < -0.3 is 9.47 Å². The third-order valence-corrected chi connectivity index (χ3v) is 4.23. The Labute approximate surface area is 115 Å². The number of hydrogen-bond acceptors (Lipinski definition) is 3. The molecule has 4 atom stereocenters. The second-order valence-electron chi connectivity index (χ2n) is 5.85. The fourth-order valence-corrected chi connectivity index (χ4v) is 3.16. The zero-order valence-electron chi connectivity index (χ0n) is 11.9. The molecule has 0 radical (unpaired) electrons. The lowest BCUT2D eigenvalue weighted by molar-refractivity contribution is -0.141. The van der Waals surface area contributed by atoms with Crippen molar-refractivity contribution in [1.82, 2.24) is 0 Å². The molecule has 2 rings (SSSR count). The summed E-state index contributed by atoms with van der Waals surface area (Å²) in [5, 5.41) is 0. The van der Waals surface area contributed by atoms with E-state index in [0.29, 0.717) is 36.7 Å². The first-order valence-corrected chi connectivity index (χ1v) is 7.19. The standard InChI is InChI=1S/C16H24O3/c1-11(2)16(17)19-8-7-18-15-10-13-6-4-5-12(3)14(15)9-13/h4-5,12-15H,1,6-10H2,2-3H3. The summed E-state index contributed by atoms with van der Waals surface area (Å²) in [6.45, 7) is 8.29. The molecule has 4 unspecified atom stereocenters. The van der Waals surface area contributed by atoms with Crippen molar-refractivity contribution in [2.75, 3.05) is 13.2 Å². The second-order valence-corrected chi connectivity index (χ2v) is 5.85. The lowest BCUT2D eigenvalue weighted by Crippen LogP contribution is -2.25. The summed E-state index contributed by atoms with van der Waals surface area (Å²) in [6, 6.07) is 0. The fourth-order valence-electron chi connectivity index (χ4n) is 3.16. The van der Waals surface area contributed by atoms with Crippen molar-refractivity contribution in [1.29, 1.82) is 0 Å². The Kier molecular flexibility index (Phi) is 4.81. The van der Waals surface area contributed by atoms with E-state index in [1.165, 1.54) is 12.8 Å². The van der Waals surface area contributed by atoms with Gasteiger partial charge in [0.25, 0.3) is 0 Å². The van der Waals surface area contributed by atoms with Crippen LogP contribution in [-0.2, 0) is 14.3 Å². The van der Waals surface area contributed by atoms with Crippen LogP contribution in [0.4, 0.5) is 0 Å². The van der Waals surface area contributed by atoms with Gasteiger partial charge in [-0.3, -0.25) is 0 Å². The molecule has 3 nitrogen and oxygen atoms in total. The van der Waals surface area contributed by atoms with Crippen LogP contribution in [0.2, 0.25) is 0 Å². The number of allylic oxidation sites excluding steroid dienone is 2. The van der Waals surface area contributed by atoms with Gasteiger partial charge in [-0.05, 0) is 43.9 Å². The van der Waals surface area contributed by atoms with Gasteiger partial charge in [0, 0.05) is 5.57 Å². The van der Waals surface area contributed by atoms with E-state index in [1.54, 1.807) is 6.92 Å². The first-order chi connectivity index (χ1) is 9.08. The highest BCUT2D eigenvalue weighted by molar-refractivity contribution is 5.86. The van der Waals surface area contributed by atoms with Crippen LogP contribution in [0.25, 0.3) is 0 Å². The molecule has 0 spiro atoms.